The van der Waals surface area contributed by atoms with Crippen LogP contribution < -0.4 is 11.1 Å². The summed E-state index contributed by atoms with van der Waals surface area (Å²) in [7, 11) is 0. The van der Waals surface area contributed by atoms with Crippen molar-refractivity contribution in [3.8, 4) is 0 Å². The number of nitrogens with one attached hydrogen (secondary N) is 1. The van der Waals surface area contributed by atoms with E-state index in [1.54, 1.807) is 18.2 Å². The standard InChI is InChI=1S/C14H12ClFN2O/c15-13-11(5-2-6-12(13)16)14(19)18-10-4-1-3-9(7-10)8-17/h1-7H,8,17H2,(H,18,19). The number of rotatable bonds is 3. The maximum Gasteiger partial charge on any atom is 0.257 e. The first kappa shape index (κ1) is 13.5. The SMILES string of the molecule is NCc1cccc(NC(=O)c2cccc(F)c2Cl)c1. The third kappa shape index (κ3) is 3.10. The molecule has 0 saturated carbocycles. The van der Waals surface area contributed by atoms with Crippen molar-refractivity contribution in [3.63, 3.8) is 0 Å². The summed E-state index contributed by atoms with van der Waals surface area (Å²) in [6.45, 7) is 0.379. The molecule has 2 aromatic carbocycles. The Kier molecular flexibility index (Phi) is 4.14. The molecule has 0 unspecified atom stereocenters. The van der Waals surface area contributed by atoms with Crippen LogP contribution in [-0.2, 0) is 6.54 Å². The Balaban J connectivity index is 2.23. The largest absolute Gasteiger partial charge is 0.326 e. The van der Waals surface area contributed by atoms with Crippen molar-refractivity contribution in [1.82, 2.24) is 0 Å². The topological polar surface area (TPSA) is 55.1 Å². The number of amides is 1. The van der Waals surface area contributed by atoms with E-state index < -0.39 is 11.7 Å². The maximum atomic E-state index is 13.3. The Bertz CT molecular complexity index is 616. The molecule has 5 heteroatoms. The highest BCUT2D eigenvalue weighted by Crippen LogP contribution is 2.21. The lowest BCUT2D eigenvalue weighted by molar-refractivity contribution is 0.102. The van der Waals surface area contributed by atoms with Crippen LogP contribution in [0.5, 0.6) is 0 Å². The van der Waals surface area contributed by atoms with Gasteiger partial charge in [-0.2, -0.15) is 0 Å². The Morgan fingerprint density at radius 1 is 1.26 bits per heavy atom. The molecule has 0 aliphatic heterocycles. The lowest BCUT2D eigenvalue weighted by Gasteiger charge is -2.08. The van der Waals surface area contributed by atoms with Crippen LogP contribution in [0.15, 0.2) is 42.5 Å². The molecule has 2 aromatic rings. The molecular formula is C14H12ClFN2O. The number of halogens is 2. The van der Waals surface area contributed by atoms with Gasteiger partial charge in [0.1, 0.15) is 5.82 Å². The van der Waals surface area contributed by atoms with Gasteiger partial charge in [-0.1, -0.05) is 29.8 Å². The van der Waals surface area contributed by atoms with Gasteiger partial charge in [-0.15, -0.1) is 0 Å². The minimum atomic E-state index is -0.620. The van der Waals surface area contributed by atoms with Gasteiger partial charge >= 0.3 is 0 Å². The van der Waals surface area contributed by atoms with E-state index in [0.717, 1.165) is 5.56 Å². The first-order chi connectivity index (χ1) is 9.11. The Labute approximate surface area is 115 Å². The molecule has 0 aliphatic carbocycles. The predicted molar refractivity (Wildman–Crippen MR) is 73.7 cm³/mol. The van der Waals surface area contributed by atoms with E-state index >= 15 is 0 Å². The zero-order valence-electron chi connectivity index (χ0n) is 9.99. The summed E-state index contributed by atoms with van der Waals surface area (Å²) >= 11 is 5.76. The minimum absolute atomic E-state index is 0.0971. The first-order valence-corrected chi connectivity index (χ1v) is 6.04. The normalized spacial score (nSPS) is 10.3. The van der Waals surface area contributed by atoms with Gasteiger partial charge in [0.15, 0.2) is 0 Å². The quantitative estimate of drug-likeness (QED) is 0.906. The van der Waals surface area contributed by atoms with E-state index in [0.29, 0.717) is 12.2 Å². The van der Waals surface area contributed by atoms with Crippen molar-refractivity contribution in [3.05, 3.63) is 64.4 Å². The van der Waals surface area contributed by atoms with Crippen LogP contribution >= 0.6 is 11.6 Å². The molecule has 3 nitrogen and oxygen atoms in total. The molecule has 0 heterocycles. The summed E-state index contributed by atoms with van der Waals surface area (Å²) in [6, 6.07) is 11.2. The van der Waals surface area contributed by atoms with E-state index in [-0.39, 0.29) is 10.6 Å². The molecule has 0 atom stereocenters. The second-order valence-electron chi connectivity index (χ2n) is 3.96. The number of benzene rings is 2. The average molecular weight is 279 g/mol. The molecule has 0 bridgehead atoms. The molecule has 2 rings (SSSR count). The summed E-state index contributed by atoms with van der Waals surface area (Å²) in [5.41, 5.74) is 7.10. The van der Waals surface area contributed by atoms with Crippen LogP contribution in [-0.4, -0.2) is 5.91 Å². The van der Waals surface area contributed by atoms with Crippen LogP contribution in [0.4, 0.5) is 10.1 Å². The van der Waals surface area contributed by atoms with Crippen molar-refractivity contribution in [2.24, 2.45) is 5.73 Å². The minimum Gasteiger partial charge on any atom is -0.326 e. The Morgan fingerprint density at radius 3 is 2.74 bits per heavy atom. The van der Waals surface area contributed by atoms with E-state index in [2.05, 4.69) is 5.32 Å². The van der Waals surface area contributed by atoms with Crippen LogP contribution in [0.1, 0.15) is 15.9 Å². The summed E-state index contributed by atoms with van der Waals surface area (Å²) in [4.78, 5) is 12.0. The summed E-state index contributed by atoms with van der Waals surface area (Å²) in [6.07, 6.45) is 0. The zero-order chi connectivity index (χ0) is 13.8. The predicted octanol–water partition coefficient (Wildman–Crippen LogP) is 3.19. The second-order valence-corrected chi connectivity index (χ2v) is 4.34. The van der Waals surface area contributed by atoms with Gasteiger partial charge in [0.25, 0.3) is 5.91 Å². The molecule has 0 radical (unpaired) electrons. The maximum absolute atomic E-state index is 13.3. The van der Waals surface area contributed by atoms with Crippen molar-refractivity contribution >= 4 is 23.2 Å². The summed E-state index contributed by atoms with van der Waals surface area (Å²) < 4.78 is 13.3. The van der Waals surface area contributed by atoms with E-state index in [1.807, 2.05) is 6.07 Å². The molecule has 0 aromatic heterocycles. The van der Waals surface area contributed by atoms with Crippen LogP contribution in [0, 0.1) is 5.82 Å². The fourth-order valence-electron chi connectivity index (χ4n) is 1.65. The van der Waals surface area contributed by atoms with Crippen LogP contribution in [0.3, 0.4) is 0 Å². The van der Waals surface area contributed by atoms with E-state index in [9.17, 15) is 9.18 Å². The molecule has 98 valence electrons. The van der Waals surface area contributed by atoms with Gasteiger partial charge in [-0.05, 0) is 29.8 Å². The molecule has 0 fully saturated rings. The lowest BCUT2D eigenvalue weighted by Crippen LogP contribution is -2.13. The van der Waals surface area contributed by atoms with Crippen LogP contribution in [0.25, 0.3) is 0 Å². The van der Waals surface area contributed by atoms with Crippen molar-refractivity contribution in [1.29, 1.82) is 0 Å². The number of carbonyl (C=O) groups excluding carboxylic acids is 1. The van der Waals surface area contributed by atoms with Crippen molar-refractivity contribution in [2.45, 2.75) is 6.54 Å². The van der Waals surface area contributed by atoms with Gasteiger partial charge in [0.05, 0.1) is 10.6 Å². The fourth-order valence-corrected chi connectivity index (χ4v) is 1.87. The van der Waals surface area contributed by atoms with E-state index in [4.69, 9.17) is 17.3 Å². The average Bonchev–Trinajstić information content (AvgIpc) is 2.42. The lowest BCUT2D eigenvalue weighted by atomic mass is 10.1. The summed E-state index contributed by atoms with van der Waals surface area (Å²) in [5, 5.41) is 2.47. The van der Waals surface area contributed by atoms with Gasteiger partial charge < -0.3 is 11.1 Å². The molecular weight excluding hydrogens is 267 g/mol. The molecule has 3 N–H and O–H groups in total. The fraction of sp³-hybridized carbons (Fsp3) is 0.0714. The number of nitrogens with two attached hydrogens (primary N) is 1. The zero-order valence-corrected chi connectivity index (χ0v) is 10.7. The number of hydrogen-bond acceptors (Lipinski definition) is 2. The van der Waals surface area contributed by atoms with Gasteiger partial charge in [0, 0.05) is 12.2 Å². The molecule has 1 amide bonds. The molecule has 0 saturated heterocycles. The van der Waals surface area contributed by atoms with Gasteiger partial charge in [-0.25, -0.2) is 4.39 Å². The third-order valence-electron chi connectivity index (χ3n) is 2.62. The van der Waals surface area contributed by atoms with Crippen LogP contribution in [0.2, 0.25) is 5.02 Å². The summed E-state index contributed by atoms with van der Waals surface area (Å²) in [5.74, 6) is -1.08. The first-order valence-electron chi connectivity index (χ1n) is 5.66. The number of hydrogen-bond donors (Lipinski definition) is 2. The highest BCUT2D eigenvalue weighted by Gasteiger charge is 2.13. The van der Waals surface area contributed by atoms with Gasteiger partial charge in [0.2, 0.25) is 0 Å². The highest BCUT2D eigenvalue weighted by atomic mass is 35.5. The number of carbonyl (C=O) groups is 1. The Morgan fingerprint density at radius 2 is 2.00 bits per heavy atom. The molecule has 0 spiro atoms. The van der Waals surface area contributed by atoms with Crippen molar-refractivity contribution in [2.75, 3.05) is 5.32 Å². The van der Waals surface area contributed by atoms with Gasteiger partial charge in [-0.3, -0.25) is 4.79 Å². The third-order valence-corrected chi connectivity index (χ3v) is 3.00. The van der Waals surface area contributed by atoms with Crippen molar-refractivity contribution < 1.29 is 9.18 Å². The van der Waals surface area contributed by atoms with E-state index in [1.165, 1.54) is 18.2 Å². The molecule has 19 heavy (non-hydrogen) atoms. The monoisotopic (exact) mass is 278 g/mol. The smallest absolute Gasteiger partial charge is 0.257 e. The second kappa shape index (κ2) is 5.82. The number of anilines is 1. The Hall–Kier alpha value is -1.91. The highest BCUT2D eigenvalue weighted by molar-refractivity contribution is 6.34. The molecule has 0 aliphatic rings.